The Morgan fingerprint density at radius 2 is 1.95 bits per heavy atom. The van der Waals surface area contributed by atoms with Crippen molar-refractivity contribution in [1.82, 2.24) is 5.32 Å². The molecule has 0 saturated carbocycles. The van der Waals surface area contributed by atoms with Crippen LogP contribution < -0.4 is 11.1 Å². The first-order chi connectivity index (χ1) is 9.02. The Labute approximate surface area is 110 Å². The second-order valence-electron chi connectivity index (χ2n) is 4.15. The Bertz CT molecular complexity index is 447. The maximum atomic E-state index is 11.7. The molecule has 0 saturated heterocycles. The van der Waals surface area contributed by atoms with Gasteiger partial charge in [0.15, 0.2) is 0 Å². The Morgan fingerprint density at radius 3 is 2.47 bits per heavy atom. The summed E-state index contributed by atoms with van der Waals surface area (Å²) in [6.07, 6.45) is 0.264. The van der Waals surface area contributed by atoms with Gasteiger partial charge in [-0.2, -0.15) is 0 Å². The largest absolute Gasteiger partial charge is 0.481 e. The number of aldehydes is 1. The number of carbonyl (C=O) groups is 3. The molecule has 0 heterocycles. The van der Waals surface area contributed by atoms with Crippen molar-refractivity contribution in [2.45, 2.75) is 24.9 Å². The van der Waals surface area contributed by atoms with Crippen LogP contribution in [0.15, 0.2) is 30.3 Å². The molecule has 2 atom stereocenters. The van der Waals surface area contributed by atoms with Gasteiger partial charge in [0, 0.05) is 0 Å². The van der Waals surface area contributed by atoms with Crippen LogP contribution in [0.2, 0.25) is 0 Å². The van der Waals surface area contributed by atoms with Gasteiger partial charge < -0.3 is 21.0 Å². The predicted molar refractivity (Wildman–Crippen MR) is 68.4 cm³/mol. The second kappa shape index (κ2) is 7.27. The quantitative estimate of drug-likeness (QED) is 0.586. The number of nitrogens with one attached hydrogen (secondary N) is 1. The zero-order chi connectivity index (χ0) is 14.3. The van der Waals surface area contributed by atoms with Gasteiger partial charge in [-0.3, -0.25) is 9.59 Å². The number of hydrogen-bond donors (Lipinski definition) is 3. The van der Waals surface area contributed by atoms with Crippen LogP contribution >= 0.6 is 0 Å². The molecule has 1 aromatic carbocycles. The summed E-state index contributed by atoms with van der Waals surface area (Å²) in [5, 5.41) is 10.9. The van der Waals surface area contributed by atoms with Crippen molar-refractivity contribution in [2.24, 2.45) is 5.73 Å². The van der Waals surface area contributed by atoms with Crippen LogP contribution in [0.5, 0.6) is 0 Å². The van der Waals surface area contributed by atoms with Crippen molar-refractivity contribution in [3.8, 4) is 0 Å². The van der Waals surface area contributed by atoms with Gasteiger partial charge in [0.2, 0.25) is 5.91 Å². The minimum atomic E-state index is -1.16. The maximum absolute atomic E-state index is 11.7. The van der Waals surface area contributed by atoms with E-state index in [-0.39, 0.29) is 0 Å². The van der Waals surface area contributed by atoms with Gasteiger partial charge in [0.05, 0.1) is 18.5 Å². The summed E-state index contributed by atoms with van der Waals surface area (Å²) in [6, 6.07) is 7.32. The smallest absolute Gasteiger partial charge is 0.305 e. The van der Waals surface area contributed by atoms with E-state index in [0.717, 1.165) is 5.56 Å². The predicted octanol–water partition coefficient (Wildman–Crippen LogP) is -0.285. The number of hydrogen-bond acceptors (Lipinski definition) is 4. The van der Waals surface area contributed by atoms with E-state index in [0.29, 0.717) is 12.7 Å². The molecule has 0 aliphatic carbocycles. The molecule has 1 amide bonds. The lowest BCUT2D eigenvalue weighted by molar-refractivity contribution is -0.138. The molecule has 4 N–H and O–H groups in total. The highest BCUT2D eigenvalue weighted by Gasteiger charge is 2.19. The monoisotopic (exact) mass is 264 g/mol. The first kappa shape index (κ1) is 14.8. The van der Waals surface area contributed by atoms with E-state index in [1.807, 2.05) is 30.3 Å². The molecule has 0 aliphatic rings. The molecule has 0 bridgehead atoms. The van der Waals surface area contributed by atoms with Crippen molar-refractivity contribution in [1.29, 1.82) is 0 Å². The van der Waals surface area contributed by atoms with Crippen molar-refractivity contribution in [2.75, 3.05) is 0 Å². The number of aliphatic carboxylic acids is 1. The molecule has 0 aliphatic heterocycles. The van der Waals surface area contributed by atoms with Crippen LogP contribution in [0, 0.1) is 0 Å². The Balaban J connectivity index is 2.52. The summed E-state index contributed by atoms with van der Waals surface area (Å²) in [7, 11) is 0. The number of nitrogens with two attached hydrogens (primary N) is 1. The Kier molecular flexibility index (Phi) is 5.69. The van der Waals surface area contributed by atoms with Gasteiger partial charge in [-0.1, -0.05) is 30.3 Å². The molecular formula is C13H16N2O4. The van der Waals surface area contributed by atoms with E-state index in [1.54, 1.807) is 0 Å². The van der Waals surface area contributed by atoms with Crippen LogP contribution in [-0.4, -0.2) is 35.4 Å². The molecule has 102 valence electrons. The fourth-order valence-corrected chi connectivity index (χ4v) is 1.57. The lowest BCUT2D eigenvalue weighted by atomic mass is 10.1. The number of rotatable bonds is 7. The molecule has 6 heteroatoms. The molecule has 19 heavy (non-hydrogen) atoms. The lowest BCUT2D eigenvalue weighted by Gasteiger charge is -2.15. The lowest BCUT2D eigenvalue weighted by Crippen LogP contribution is -2.47. The molecular weight excluding hydrogens is 248 g/mol. The summed E-state index contributed by atoms with van der Waals surface area (Å²) in [6.45, 7) is 0. The number of benzene rings is 1. The van der Waals surface area contributed by atoms with E-state index in [1.165, 1.54) is 0 Å². The summed E-state index contributed by atoms with van der Waals surface area (Å²) in [5.74, 6) is -1.70. The number of carbonyl (C=O) groups excluding carboxylic acids is 2. The van der Waals surface area contributed by atoms with E-state index < -0.39 is 30.4 Å². The van der Waals surface area contributed by atoms with Gasteiger partial charge in [-0.15, -0.1) is 0 Å². The van der Waals surface area contributed by atoms with Crippen molar-refractivity contribution >= 4 is 18.2 Å². The van der Waals surface area contributed by atoms with Gasteiger partial charge in [-0.25, -0.2) is 0 Å². The zero-order valence-corrected chi connectivity index (χ0v) is 10.3. The highest BCUT2D eigenvalue weighted by Crippen LogP contribution is 2.02. The average molecular weight is 264 g/mol. The standard InChI is InChI=1S/C13H16N2O4/c14-11(6-9-4-2-1-3-5-9)13(19)15-10(8-16)7-12(17)18/h1-5,8,10-11H,6-7,14H2,(H,15,19)(H,17,18)/t10-,11-/m0/s1. The fraction of sp³-hybridized carbons (Fsp3) is 0.308. The van der Waals surface area contributed by atoms with E-state index in [2.05, 4.69) is 5.32 Å². The second-order valence-corrected chi connectivity index (χ2v) is 4.15. The highest BCUT2D eigenvalue weighted by atomic mass is 16.4. The number of amides is 1. The molecule has 0 unspecified atom stereocenters. The normalized spacial score (nSPS) is 13.3. The Hall–Kier alpha value is -2.21. The first-order valence-corrected chi connectivity index (χ1v) is 5.80. The number of carboxylic acid groups (broad SMARTS) is 1. The van der Waals surface area contributed by atoms with Gasteiger partial charge in [-0.05, 0) is 12.0 Å². The van der Waals surface area contributed by atoms with Gasteiger partial charge in [0.25, 0.3) is 0 Å². The average Bonchev–Trinajstić information content (AvgIpc) is 2.38. The van der Waals surface area contributed by atoms with Crippen LogP contribution in [-0.2, 0) is 20.8 Å². The topological polar surface area (TPSA) is 109 Å². The molecule has 1 aromatic rings. The van der Waals surface area contributed by atoms with Gasteiger partial charge in [0.1, 0.15) is 6.29 Å². The molecule has 0 aromatic heterocycles. The summed E-state index contributed by atoms with van der Waals surface area (Å²) in [4.78, 5) is 32.8. The van der Waals surface area contributed by atoms with Crippen molar-refractivity contribution in [3.05, 3.63) is 35.9 Å². The first-order valence-electron chi connectivity index (χ1n) is 5.80. The third-order valence-electron chi connectivity index (χ3n) is 2.52. The number of carboxylic acids is 1. The molecule has 0 fully saturated rings. The molecule has 1 rings (SSSR count). The van der Waals surface area contributed by atoms with Crippen LogP contribution in [0.3, 0.4) is 0 Å². The molecule has 6 nitrogen and oxygen atoms in total. The van der Waals surface area contributed by atoms with Crippen LogP contribution in [0.4, 0.5) is 0 Å². The third kappa shape index (κ3) is 5.31. The van der Waals surface area contributed by atoms with Crippen molar-refractivity contribution < 1.29 is 19.5 Å². The molecule has 0 spiro atoms. The third-order valence-corrected chi connectivity index (χ3v) is 2.52. The van der Waals surface area contributed by atoms with Crippen molar-refractivity contribution in [3.63, 3.8) is 0 Å². The molecule has 0 radical (unpaired) electrons. The van der Waals surface area contributed by atoms with E-state index >= 15 is 0 Å². The van der Waals surface area contributed by atoms with E-state index in [9.17, 15) is 14.4 Å². The van der Waals surface area contributed by atoms with E-state index in [4.69, 9.17) is 10.8 Å². The SMILES string of the molecule is N[C@@H](Cc1ccccc1)C(=O)N[C@H](C=O)CC(=O)O. The minimum Gasteiger partial charge on any atom is -0.481 e. The highest BCUT2D eigenvalue weighted by molar-refractivity contribution is 5.86. The van der Waals surface area contributed by atoms with Crippen LogP contribution in [0.25, 0.3) is 0 Å². The Morgan fingerprint density at radius 1 is 1.32 bits per heavy atom. The minimum absolute atomic E-state index is 0.325. The summed E-state index contributed by atoms with van der Waals surface area (Å²) >= 11 is 0. The van der Waals surface area contributed by atoms with Gasteiger partial charge >= 0.3 is 5.97 Å². The zero-order valence-electron chi connectivity index (χ0n) is 10.3. The summed E-state index contributed by atoms with van der Waals surface area (Å²) in [5.41, 5.74) is 6.60. The maximum Gasteiger partial charge on any atom is 0.305 e. The summed E-state index contributed by atoms with van der Waals surface area (Å²) < 4.78 is 0. The van der Waals surface area contributed by atoms with Crippen LogP contribution in [0.1, 0.15) is 12.0 Å². The fourth-order valence-electron chi connectivity index (χ4n) is 1.57.